The van der Waals surface area contributed by atoms with Gasteiger partial charge in [0.15, 0.2) is 11.5 Å². The molecule has 28 heavy (non-hydrogen) atoms. The SMILES string of the molecule is C=C(C)[C@@H]1C[C@H](O)C(C)=C[C@H]1c1c(O)cc(-c2cccc3c2OCO3)cc1O. The van der Waals surface area contributed by atoms with Crippen LogP contribution in [0.15, 0.2) is 54.1 Å². The van der Waals surface area contributed by atoms with Gasteiger partial charge in [-0.1, -0.05) is 30.4 Å². The second-order valence-electron chi connectivity index (χ2n) is 7.61. The average Bonchev–Trinajstić information content (AvgIpc) is 3.12. The van der Waals surface area contributed by atoms with Crippen molar-refractivity contribution < 1.29 is 24.8 Å². The van der Waals surface area contributed by atoms with Crippen molar-refractivity contribution >= 4 is 0 Å². The summed E-state index contributed by atoms with van der Waals surface area (Å²) in [5.41, 5.74) is 3.57. The summed E-state index contributed by atoms with van der Waals surface area (Å²) in [5.74, 6) is 0.926. The molecule has 2 aromatic carbocycles. The van der Waals surface area contributed by atoms with Crippen molar-refractivity contribution in [3.05, 3.63) is 59.7 Å². The lowest BCUT2D eigenvalue weighted by molar-refractivity contribution is 0.168. The highest BCUT2D eigenvalue weighted by molar-refractivity contribution is 5.77. The van der Waals surface area contributed by atoms with Gasteiger partial charge in [-0.25, -0.2) is 0 Å². The van der Waals surface area contributed by atoms with Crippen LogP contribution in [0.4, 0.5) is 0 Å². The van der Waals surface area contributed by atoms with Gasteiger partial charge < -0.3 is 24.8 Å². The van der Waals surface area contributed by atoms with Crippen LogP contribution in [-0.4, -0.2) is 28.2 Å². The summed E-state index contributed by atoms with van der Waals surface area (Å²) >= 11 is 0. The fraction of sp³-hybridized carbons (Fsp3) is 0.304. The molecule has 1 aliphatic heterocycles. The van der Waals surface area contributed by atoms with Crippen molar-refractivity contribution in [2.45, 2.75) is 32.3 Å². The molecule has 3 atom stereocenters. The van der Waals surface area contributed by atoms with Crippen molar-refractivity contribution in [2.75, 3.05) is 6.79 Å². The number of phenols is 2. The first-order valence-electron chi connectivity index (χ1n) is 9.33. The number of allylic oxidation sites excluding steroid dienone is 2. The van der Waals surface area contributed by atoms with E-state index in [2.05, 4.69) is 6.58 Å². The van der Waals surface area contributed by atoms with Crippen LogP contribution >= 0.6 is 0 Å². The van der Waals surface area contributed by atoms with E-state index in [9.17, 15) is 15.3 Å². The summed E-state index contributed by atoms with van der Waals surface area (Å²) in [7, 11) is 0. The van der Waals surface area contributed by atoms with Gasteiger partial charge in [-0.3, -0.25) is 0 Å². The minimum atomic E-state index is -0.537. The normalized spacial score (nSPS) is 23.4. The van der Waals surface area contributed by atoms with Gasteiger partial charge in [0.25, 0.3) is 0 Å². The lowest BCUT2D eigenvalue weighted by Crippen LogP contribution is -2.26. The number of aliphatic hydroxyl groups is 1. The zero-order valence-corrected chi connectivity index (χ0v) is 16.0. The van der Waals surface area contributed by atoms with Gasteiger partial charge in [0.2, 0.25) is 6.79 Å². The van der Waals surface area contributed by atoms with E-state index in [1.54, 1.807) is 12.1 Å². The van der Waals surface area contributed by atoms with E-state index >= 15 is 0 Å². The second-order valence-corrected chi connectivity index (χ2v) is 7.61. The van der Waals surface area contributed by atoms with E-state index in [0.717, 1.165) is 16.7 Å². The Balaban J connectivity index is 1.81. The molecule has 0 saturated carbocycles. The number of phenolic OH excluding ortho intramolecular Hbond substituents is 2. The van der Waals surface area contributed by atoms with Crippen LogP contribution in [0.3, 0.4) is 0 Å². The first-order valence-corrected chi connectivity index (χ1v) is 9.33. The fourth-order valence-electron chi connectivity index (χ4n) is 4.15. The van der Waals surface area contributed by atoms with Crippen molar-refractivity contribution in [3.63, 3.8) is 0 Å². The number of hydrogen-bond acceptors (Lipinski definition) is 5. The third kappa shape index (κ3) is 3.02. The molecule has 1 heterocycles. The van der Waals surface area contributed by atoms with Crippen LogP contribution in [0.2, 0.25) is 0 Å². The van der Waals surface area contributed by atoms with Crippen LogP contribution < -0.4 is 9.47 Å². The maximum absolute atomic E-state index is 10.8. The number of hydrogen-bond donors (Lipinski definition) is 3. The van der Waals surface area contributed by atoms with Crippen LogP contribution in [0, 0.1) is 5.92 Å². The van der Waals surface area contributed by atoms with E-state index in [4.69, 9.17) is 9.47 Å². The molecule has 0 unspecified atom stereocenters. The lowest BCUT2D eigenvalue weighted by atomic mass is 9.72. The van der Waals surface area contributed by atoms with E-state index in [-0.39, 0.29) is 30.1 Å². The molecular weight excluding hydrogens is 356 g/mol. The summed E-state index contributed by atoms with van der Waals surface area (Å²) in [6.45, 7) is 7.96. The van der Waals surface area contributed by atoms with E-state index in [1.165, 1.54) is 0 Å². The highest BCUT2D eigenvalue weighted by Crippen LogP contribution is 2.49. The van der Waals surface area contributed by atoms with Gasteiger partial charge in [0.1, 0.15) is 11.5 Å². The molecule has 0 bridgehead atoms. The molecule has 146 valence electrons. The van der Waals surface area contributed by atoms with E-state index in [1.807, 2.05) is 38.1 Å². The Morgan fingerprint density at radius 1 is 1.14 bits per heavy atom. The van der Waals surface area contributed by atoms with Gasteiger partial charge in [-0.15, -0.1) is 0 Å². The summed E-state index contributed by atoms with van der Waals surface area (Å²) in [4.78, 5) is 0. The Kier molecular flexibility index (Phi) is 4.55. The molecule has 0 amide bonds. The van der Waals surface area contributed by atoms with Gasteiger partial charge >= 0.3 is 0 Å². The van der Waals surface area contributed by atoms with Crippen LogP contribution in [0.5, 0.6) is 23.0 Å². The monoisotopic (exact) mass is 380 g/mol. The summed E-state index contributed by atoms with van der Waals surface area (Å²) < 4.78 is 11.0. The minimum absolute atomic E-state index is 0.00297. The van der Waals surface area contributed by atoms with E-state index in [0.29, 0.717) is 29.0 Å². The number of para-hydroxylation sites is 1. The molecule has 0 radical (unpaired) electrons. The first-order chi connectivity index (χ1) is 13.4. The number of aromatic hydroxyl groups is 2. The Bertz CT molecular complexity index is 952. The van der Waals surface area contributed by atoms with Crippen molar-refractivity contribution in [2.24, 2.45) is 5.92 Å². The van der Waals surface area contributed by atoms with Crippen LogP contribution in [-0.2, 0) is 0 Å². The zero-order chi connectivity index (χ0) is 20.0. The number of rotatable bonds is 3. The summed E-state index contributed by atoms with van der Waals surface area (Å²) in [6.07, 6.45) is 1.89. The Morgan fingerprint density at radius 3 is 2.54 bits per heavy atom. The predicted molar refractivity (Wildman–Crippen MR) is 107 cm³/mol. The van der Waals surface area contributed by atoms with Gasteiger partial charge in [-0.2, -0.15) is 0 Å². The third-order valence-electron chi connectivity index (χ3n) is 5.69. The smallest absolute Gasteiger partial charge is 0.231 e. The summed E-state index contributed by atoms with van der Waals surface area (Å²) in [5, 5.41) is 31.9. The maximum Gasteiger partial charge on any atom is 0.231 e. The fourth-order valence-corrected chi connectivity index (χ4v) is 4.15. The highest BCUT2D eigenvalue weighted by atomic mass is 16.7. The molecule has 1 aliphatic carbocycles. The standard InChI is InChI=1S/C23H24O5/c1-12(2)16-10-18(24)13(3)7-17(16)22-19(25)8-14(9-20(22)26)15-5-4-6-21-23(15)28-11-27-21/h4-9,16-18,24-26H,1,10-11H2,2-3H3/t16-,17+,18-/m0/s1. The number of aliphatic hydroxyl groups excluding tert-OH is 1. The highest BCUT2D eigenvalue weighted by Gasteiger charge is 2.33. The molecule has 0 fully saturated rings. The van der Waals surface area contributed by atoms with Crippen molar-refractivity contribution in [1.29, 1.82) is 0 Å². The number of benzene rings is 2. The maximum atomic E-state index is 10.8. The van der Waals surface area contributed by atoms with Crippen molar-refractivity contribution in [3.8, 4) is 34.1 Å². The molecule has 3 N–H and O–H groups in total. The molecule has 0 aromatic heterocycles. The topological polar surface area (TPSA) is 79.2 Å². The Morgan fingerprint density at radius 2 is 1.86 bits per heavy atom. The molecule has 2 aliphatic rings. The Labute approximate surface area is 164 Å². The minimum Gasteiger partial charge on any atom is -0.507 e. The van der Waals surface area contributed by atoms with Gasteiger partial charge in [-0.05, 0) is 55.5 Å². The number of fused-ring (bicyclic) bond motifs is 1. The predicted octanol–water partition coefficient (Wildman–Crippen LogP) is 4.48. The molecule has 4 rings (SSSR count). The average molecular weight is 380 g/mol. The molecular formula is C23H24O5. The van der Waals surface area contributed by atoms with E-state index < -0.39 is 6.10 Å². The van der Waals surface area contributed by atoms with Gasteiger partial charge in [0, 0.05) is 17.0 Å². The quantitative estimate of drug-likeness (QED) is 0.684. The van der Waals surface area contributed by atoms with Crippen LogP contribution in [0.1, 0.15) is 31.7 Å². The molecule has 0 spiro atoms. The molecule has 0 saturated heterocycles. The zero-order valence-electron chi connectivity index (χ0n) is 16.0. The first kappa shape index (κ1) is 18.4. The Hall–Kier alpha value is -2.92. The van der Waals surface area contributed by atoms with Crippen LogP contribution in [0.25, 0.3) is 11.1 Å². The van der Waals surface area contributed by atoms with Gasteiger partial charge in [0.05, 0.1) is 6.10 Å². The molecule has 2 aromatic rings. The lowest BCUT2D eigenvalue weighted by Gasteiger charge is -2.34. The third-order valence-corrected chi connectivity index (χ3v) is 5.69. The molecule has 5 heteroatoms. The number of ether oxygens (including phenoxy) is 2. The second kappa shape index (κ2) is 6.91. The molecule has 5 nitrogen and oxygen atoms in total. The van der Waals surface area contributed by atoms with Crippen molar-refractivity contribution in [1.82, 2.24) is 0 Å². The summed E-state index contributed by atoms with van der Waals surface area (Å²) in [6, 6.07) is 8.79. The largest absolute Gasteiger partial charge is 0.507 e.